The Bertz CT molecular complexity index is 338. The normalized spacial score (nSPS) is 18.6. The molecule has 2 atom stereocenters. The van der Waals surface area contributed by atoms with Gasteiger partial charge >= 0.3 is 11.9 Å². The molecule has 1 rings (SSSR count). The van der Waals surface area contributed by atoms with Crippen molar-refractivity contribution in [1.82, 2.24) is 5.32 Å². The maximum atomic E-state index is 10.2. The Kier molecular flexibility index (Phi) is 9.05. The zero-order valence-electron chi connectivity index (χ0n) is 11.3. The van der Waals surface area contributed by atoms with Gasteiger partial charge in [0.15, 0.2) is 5.96 Å². The van der Waals surface area contributed by atoms with Crippen LogP contribution in [0.3, 0.4) is 0 Å². The lowest BCUT2D eigenvalue weighted by molar-refractivity contribution is -0.139. The van der Waals surface area contributed by atoms with Crippen molar-refractivity contribution in [2.24, 2.45) is 22.2 Å². The van der Waals surface area contributed by atoms with Gasteiger partial charge in [-0.1, -0.05) is 0 Å². The van der Waals surface area contributed by atoms with E-state index in [1.54, 1.807) is 0 Å². The van der Waals surface area contributed by atoms with E-state index in [1.807, 2.05) is 0 Å². The molecule has 9 nitrogen and oxygen atoms in total. The SMILES string of the molecule is NC(N)=NCCC[C@H](N)C(=O)O.O=C(O)[C@@H]1CCCN1. The van der Waals surface area contributed by atoms with E-state index in [0.29, 0.717) is 19.4 Å². The topological polar surface area (TPSA) is 177 Å². The number of aliphatic carboxylic acids is 2. The van der Waals surface area contributed by atoms with Gasteiger partial charge in [0.25, 0.3) is 0 Å². The molecule has 0 saturated carbocycles. The molecule has 116 valence electrons. The molecule has 0 amide bonds. The Hall–Kier alpha value is -1.87. The van der Waals surface area contributed by atoms with Crippen molar-refractivity contribution in [3.05, 3.63) is 0 Å². The van der Waals surface area contributed by atoms with Gasteiger partial charge in [0.2, 0.25) is 0 Å². The summed E-state index contributed by atoms with van der Waals surface area (Å²) in [5, 5.41) is 19.6. The van der Waals surface area contributed by atoms with E-state index >= 15 is 0 Å². The number of carboxylic acids is 2. The second kappa shape index (κ2) is 9.98. The molecule has 1 aliphatic heterocycles. The van der Waals surface area contributed by atoms with Crippen LogP contribution in [0.5, 0.6) is 0 Å². The van der Waals surface area contributed by atoms with Crippen LogP contribution in [0.1, 0.15) is 25.7 Å². The van der Waals surface area contributed by atoms with Gasteiger partial charge in [0, 0.05) is 6.54 Å². The van der Waals surface area contributed by atoms with Crippen LogP contribution in [0, 0.1) is 0 Å². The van der Waals surface area contributed by atoms with Crippen molar-refractivity contribution < 1.29 is 19.8 Å². The highest BCUT2D eigenvalue weighted by molar-refractivity contribution is 5.75. The molecule has 0 unspecified atom stereocenters. The van der Waals surface area contributed by atoms with E-state index in [4.69, 9.17) is 27.4 Å². The summed E-state index contributed by atoms with van der Waals surface area (Å²) in [5.74, 6) is -1.71. The zero-order chi connectivity index (χ0) is 15.5. The molecule has 0 radical (unpaired) electrons. The second-order valence-corrected chi connectivity index (χ2v) is 4.38. The lowest BCUT2D eigenvalue weighted by Crippen LogP contribution is -2.30. The van der Waals surface area contributed by atoms with Gasteiger partial charge in [-0.3, -0.25) is 14.6 Å². The molecular formula is C11H23N5O4. The van der Waals surface area contributed by atoms with Crippen LogP contribution in [-0.2, 0) is 9.59 Å². The highest BCUT2D eigenvalue weighted by Gasteiger charge is 2.20. The van der Waals surface area contributed by atoms with Crippen molar-refractivity contribution in [1.29, 1.82) is 0 Å². The Labute approximate surface area is 117 Å². The van der Waals surface area contributed by atoms with Gasteiger partial charge in [0.05, 0.1) is 0 Å². The molecule has 1 heterocycles. The third kappa shape index (κ3) is 9.11. The number of carbonyl (C=O) groups is 2. The van der Waals surface area contributed by atoms with Crippen LogP contribution in [0.25, 0.3) is 0 Å². The quantitative estimate of drug-likeness (QED) is 0.190. The third-order valence-corrected chi connectivity index (χ3v) is 2.64. The lowest BCUT2D eigenvalue weighted by Gasteiger charge is -2.03. The van der Waals surface area contributed by atoms with Crippen molar-refractivity contribution in [3.8, 4) is 0 Å². The first-order valence-corrected chi connectivity index (χ1v) is 6.34. The van der Waals surface area contributed by atoms with E-state index in [2.05, 4.69) is 10.3 Å². The van der Waals surface area contributed by atoms with Gasteiger partial charge in [-0.15, -0.1) is 0 Å². The molecule has 0 spiro atoms. The van der Waals surface area contributed by atoms with Crippen LogP contribution in [0.2, 0.25) is 0 Å². The first-order valence-electron chi connectivity index (χ1n) is 6.34. The van der Waals surface area contributed by atoms with E-state index < -0.39 is 18.0 Å². The first-order chi connectivity index (χ1) is 9.34. The molecular weight excluding hydrogens is 266 g/mol. The number of carboxylic acid groups (broad SMARTS) is 2. The largest absolute Gasteiger partial charge is 0.480 e. The van der Waals surface area contributed by atoms with Crippen LogP contribution < -0.4 is 22.5 Å². The minimum Gasteiger partial charge on any atom is -0.480 e. The van der Waals surface area contributed by atoms with Crippen LogP contribution in [0.4, 0.5) is 0 Å². The number of nitrogens with one attached hydrogen (secondary N) is 1. The van der Waals surface area contributed by atoms with Gasteiger partial charge in [-0.05, 0) is 32.2 Å². The number of rotatable bonds is 6. The fourth-order valence-electron chi connectivity index (χ4n) is 1.54. The Morgan fingerprint density at radius 1 is 1.35 bits per heavy atom. The van der Waals surface area contributed by atoms with Crippen LogP contribution >= 0.6 is 0 Å². The Morgan fingerprint density at radius 2 is 2.00 bits per heavy atom. The van der Waals surface area contributed by atoms with Crippen molar-refractivity contribution >= 4 is 17.9 Å². The maximum Gasteiger partial charge on any atom is 0.320 e. The molecule has 1 fully saturated rings. The fraction of sp³-hybridized carbons (Fsp3) is 0.727. The molecule has 0 aliphatic carbocycles. The summed E-state index contributed by atoms with van der Waals surface area (Å²) in [6.07, 6.45) is 2.74. The second-order valence-electron chi connectivity index (χ2n) is 4.38. The van der Waals surface area contributed by atoms with Gasteiger partial charge in [-0.25, -0.2) is 0 Å². The molecule has 20 heavy (non-hydrogen) atoms. The Morgan fingerprint density at radius 3 is 2.35 bits per heavy atom. The predicted molar refractivity (Wildman–Crippen MR) is 74.2 cm³/mol. The van der Waals surface area contributed by atoms with Crippen molar-refractivity contribution in [2.45, 2.75) is 37.8 Å². The van der Waals surface area contributed by atoms with E-state index in [9.17, 15) is 9.59 Å². The summed E-state index contributed by atoms with van der Waals surface area (Å²) in [7, 11) is 0. The number of guanidine groups is 1. The number of nitrogens with two attached hydrogens (primary N) is 3. The van der Waals surface area contributed by atoms with Gasteiger partial charge < -0.3 is 32.7 Å². The van der Waals surface area contributed by atoms with Gasteiger partial charge in [-0.2, -0.15) is 0 Å². The highest BCUT2D eigenvalue weighted by Crippen LogP contribution is 2.03. The maximum absolute atomic E-state index is 10.2. The molecule has 0 aromatic heterocycles. The lowest BCUT2D eigenvalue weighted by atomic mass is 10.2. The molecule has 9 N–H and O–H groups in total. The summed E-state index contributed by atoms with van der Waals surface area (Å²) < 4.78 is 0. The molecule has 0 aromatic rings. The minimum absolute atomic E-state index is 0.0129. The molecule has 9 heteroatoms. The molecule has 0 bridgehead atoms. The van der Waals surface area contributed by atoms with Crippen molar-refractivity contribution in [2.75, 3.05) is 13.1 Å². The smallest absolute Gasteiger partial charge is 0.320 e. The van der Waals surface area contributed by atoms with E-state index in [-0.39, 0.29) is 12.0 Å². The molecule has 1 saturated heterocycles. The first kappa shape index (κ1) is 18.1. The minimum atomic E-state index is -1.00. The average Bonchev–Trinajstić information content (AvgIpc) is 2.88. The average molecular weight is 289 g/mol. The number of hydrogen-bond donors (Lipinski definition) is 6. The standard InChI is InChI=1S/C6H14N4O2.C5H9NO2/c7-4(5(11)12)2-1-3-10-6(8)9;7-5(8)4-2-1-3-6-4/h4H,1-3,7H2,(H,11,12)(H4,8,9,10);4,6H,1-3H2,(H,7,8)/t2*4-/m00/s1. The van der Waals surface area contributed by atoms with E-state index in [1.165, 1.54) is 0 Å². The van der Waals surface area contributed by atoms with Crippen LogP contribution in [0.15, 0.2) is 4.99 Å². The zero-order valence-corrected chi connectivity index (χ0v) is 11.3. The van der Waals surface area contributed by atoms with Crippen LogP contribution in [-0.4, -0.2) is 53.3 Å². The summed E-state index contributed by atoms with van der Waals surface area (Å²) >= 11 is 0. The highest BCUT2D eigenvalue weighted by atomic mass is 16.4. The number of nitrogens with zero attached hydrogens (tertiary/aromatic N) is 1. The van der Waals surface area contributed by atoms with E-state index in [0.717, 1.165) is 19.4 Å². The Balaban J connectivity index is 0.000000388. The van der Waals surface area contributed by atoms with Crippen molar-refractivity contribution in [3.63, 3.8) is 0 Å². The summed E-state index contributed by atoms with van der Waals surface area (Å²) in [6.45, 7) is 1.28. The molecule has 1 aliphatic rings. The predicted octanol–water partition coefficient (Wildman–Crippen LogP) is -1.73. The summed E-state index contributed by atoms with van der Waals surface area (Å²) in [4.78, 5) is 24.0. The number of aliphatic imine (C=N–C) groups is 1. The fourth-order valence-corrected chi connectivity index (χ4v) is 1.54. The third-order valence-electron chi connectivity index (χ3n) is 2.64. The molecule has 0 aromatic carbocycles. The van der Waals surface area contributed by atoms with Gasteiger partial charge in [0.1, 0.15) is 12.1 Å². The number of hydrogen-bond acceptors (Lipinski definition) is 5. The summed E-state index contributed by atoms with van der Waals surface area (Å²) in [6, 6.07) is -1.09. The summed E-state index contributed by atoms with van der Waals surface area (Å²) in [5.41, 5.74) is 15.3. The monoisotopic (exact) mass is 289 g/mol.